The number of carbonyl (C=O) groups excluding carboxylic acids is 2. The smallest absolute Gasteiger partial charge is 0.227 e. The van der Waals surface area contributed by atoms with Crippen LogP contribution in [0.4, 0.5) is 17.5 Å². The highest BCUT2D eigenvalue weighted by molar-refractivity contribution is 6.00. The van der Waals surface area contributed by atoms with E-state index in [1.807, 2.05) is 38.1 Å². The van der Waals surface area contributed by atoms with E-state index in [1.54, 1.807) is 18.1 Å². The van der Waals surface area contributed by atoms with Crippen molar-refractivity contribution in [2.45, 2.75) is 20.3 Å². The van der Waals surface area contributed by atoms with E-state index in [0.29, 0.717) is 37.1 Å². The molecule has 1 saturated heterocycles. The van der Waals surface area contributed by atoms with Crippen LogP contribution in [0.2, 0.25) is 0 Å². The molecule has 1 unspecified atom stereocenters. The highest BCUT2D eigenvalue weighted by Gasteiger charge is 2.35. The van der Waals surface area contributed by atoms with E-state index in [-0.39, 0.29) is 24.2 Å². The monoisotopic (exact) mass is 412 g/mol. The molecular formula is C21H28N6O3. The van der Waals surface area contributed by atoms with Crippen molar-refractivity contribution in [3.05, 3.63) is 36.0 Å². The van der Waals surface area contributed by atoms with E-state index in [1.165, 1.54) is 0 Å². The third-order valence-electron chi connectivity index (χ3n) is 4.78. The van der Waals surface area contributed by atoms with Crippen LogP contribution < -0.4 is 25.6 Å². The molecule has 0 bridgehead atoms. The van der Waals surface area contributed by atoms with E-state index in [4.69, 9.17) is 4.74 Å². The van der Waals surface area contributed by atoms with Crippen molar-refractivity contribution in [2.75, 3.05) is 48.8 Å². The summed E-state index contributed by atoms with van der Waals surface area (Å²) >= 11 is 0. The number of aryl methyl sites for hydroxylation is 1. The van der Waals surface area contributed by atoms with Gasteiger partial charge >= 0.3 is 0 Å². The van der Waals surface area contributed by atoms with Crippen molar-refractivity contribution in [1.29, 1.82) is 0 Å². The molecule has 1 aliphatic heterocycles. The highest BCUT2D eigenvalue weighted by atomic mass is 16.5. The van der Waals surface area contributed by atoms with E-state index in [9.17, 15) is 9.59 Å². The van der Waals surface area contributed by atoms with Gasteiger partial charge in [-0.05, 0) is 26.0 Å². The number of benzene rings is 1. The fourth-order valence-corrected chi connectivity index (χ4v) is 3.33. The van der Waals surface area contributed by atoms with E-state index < -0.39 is 0 Å². The largest absolute Gasteiger partial charge is 0.497 e. The zero-order valence-electron chi connectivity index (χ0n) is 17.6. The third kappa shape index (κ3) is 5.37. The van der Waals surface area contributed by atoms with E-state index in [2.05, 4.69) is 25.9 Å². The molecule has 9 heteroatoms. The third-order valence-corrected chi connectivity index (χ3v) is 4.78. The van der Waals surface area contributed by atoms with Crippen LogP contribution in [0.3, 0.4) is 0 Å². The van der Waals surface area contributed by atoms with Crippen LogP contribution in [0.15, 0.2) is 30.3 Å². The van der Waals surface area contributed by atoms with Gasteiger partial charge in [-0.3, -0.25) is 9.59 Å². The number of anilines is 3. The summed E-state index contributed by atoms with van der Waals surface area (Å²) in [5.41, 5.74) is 1.60. The number of nitrogens with zero attached hydrogens (tertiary/aromatic N) is 3. The van der Waals surface area contributed by atoms with Gasteiger partial charge in [0.15, 0.2) is 0 Å². The van der Waals surface area contributed by atoms with Gasteiger partial charge in [-0.25, -0.2) is 4.98 Å². The summed E-state index contributed by atoms with van der Waals surface area (Å²) in [6.07, 6.45) is 0.202. The zero-order valence-corrected chi connectivity index (χ0v) is 17.6. The first-order valence-corrected chi connectivity index (χ1v) is 10.1. The molecule has 0 spiro atoms. The molecule has 30 heavy (non-hydrogen) atoms. The minimum absolute atomic E-state index is 0.0612. The summed E-state index contributed by atoms with van der Waals surface area (Å²) in [7, 11) is 1.58. The second kappa shape index (κ2) is 9.91. The van der Waals surface area contributed by atoms with Gasteiger partial charge in [0.2, 0.25) is 17.8 Å². The first kappa shape index (κ1) is 21.4. The first-order valence-electron chi connectivity index (χ1n) is 10.1. The lowest BCUT2D eigenvalue weighted by atomic mass is 10.1. The number of hydrogen-bond acceptors (Lipinski definition) is 7. The number of amides is 2. The van der Waals surface area contributed by atoms with E-state index in [0.717, 1.165) is 17.9 Å². The van der Waals surface area contributed by atoms with Crippen LogP contribution in [-0.2, 0) is 9.59 Å². The average Bonchev–Trinajstić information content (AvgIpc) is 3.13. The predicted molar refractivity (Wildman–Crippen MR) is 116 cm³/mol. The lowest BCUT2D eigenvalue weighted by Gasteiger charge is -2.17. The molecule has 2 heterocycles. The van der Waals surface area contributed by atoms with Gasteiger partial charge in [0.25, 0.3) is 0 Å². The molecule has 2 amide bonds. The van der Waals surface area contributed by atoms with Crippen LogP contribution in [0, 0.1) is 12.8 Å². The normalized spacial score (nSPS) is 15.8. The van der Waals surface area contributed by atoms with Gasteiger partial charge < -0.3 is 25.6 Å². The summed E-state index contributed by atoms with van der Waals surface area (Å²) in [5, 5.41) is 9.18. The van der Waals surface area contributed by atoms with Gasteiger partial charge in [-0.1, -0.05) is 6.07 Å². The van der Waals surface area contributed by atoms with Crippen molar-refractivity contribution in [3.8, 4) is 5.75 Å². The topological polar surface area (TPSA) is 108 Å². The maximum atomic E-state index is 12.5. The van der Waals surface area contributed by atoms with Gasteiger partial charge in [-0.15, -0.1) is 0 Å². The summed E-state index contributed by atoms with van der Waals surface area (Å²) in [6.45, 7) is 5.95. The molecule has 1 aromatic heterocycles. The minimum atomic E-state index is -0.370. The molecule has 0 saturated carbocycles. The quantitative estimate of drug-likeness (QED) is 0.539. The number of rotatable bonds is 9. The lowest BCUT2D eigenvalue weighted by Crippen LogP contribution is -2.35. The Morgan fingerprint density at radius 2 is 2.07 bits per heavy atom. The molecular weight excluding hydrogens is 384 g/mol. The number of hydrogen-bond donors (Lipinski definition) is 3. The molecule has 0 radical (unpaired) electrons. The maximum absolute atomic E-state index is 12.5. The van der Waals surface area contributed by atoms with Crippen LogP contribution >= 0.6 is 0 Å². The van der Waals surface area contributed by atoms with Crippen LogP contribution in [0.5, 0.6) is 5.75 Å². The average molecular weight is 412 g/mol. The molecule has 1 aromatic carbocycles. The molecule has 1 fully saturated rings. The minimum Gasteiger partial charge on any atom is -0.497 e. The van der Waals surface area contributed by atoms with Crippen molar-refractivity contribution in [1.82, 2.24) is 15.3 Å². The Labute approximate surface area is 176 Å². The van der Waals surface area contributed by atoms with E-state index >= 15 is 0 Å². The van der Waals surface area contributed by atoms with Crippen LogP contribution in [-0.4, -0.2) is 55.1 Å². The first-order chi connectivity index (χ1) is 14.5. The zero-order chi connectivity index (χ0) is 21.5. The maximum Gasteiger partial charge on any atom is 0.227 e. The van der Waals surface area contributed by atoms with Crippen LogP contribution in [0.25, 0.3) is 0 Å². The molecule has 3 N–H and O–H groups in total. The molecule has 1 aliphatic rings. The number of ether oxygens (including phenoxy) is 1. The Bertz CT molecular complexity index is 904. The second-order valence-corrected chi connectivity index (χ2v) is 7.07. The highest BCUT2D eigenvalue weighted by Crippen LogP contribution is 2.27. The van der Waals surface area contributed by atoms with Gasteiger partial charge in [0.1, 0.15) is 11.6 Å². The molecule has 0 aliphatic carbocycles. The Balaban J connectivity index is 1.48. The van der Waals surface area contributed by atoms with Gasteiger partial charge in [-0.2, -0.15) is 4.98 Å². The Kier molecular flexibility index (Phi) is 7.05. The van der Waals surface area contributed by atoms with Gasteiger partial charge in [0, 0.05) is 56.1 Å². The number of nitrogens with one attached hydrogen (secondary N) is 3. The van der Waals surface area contributed by atoms with Crippen molar-refractivity contribution >= 4 is 29.3 Å². The standard InChI is InChI=1S/C21H28N6O3/c1-4-22-21-25-14(2)10-18(26-21)23-8-9-24-20(29)15-11-19(28)27(13-15)16-6-5-7-17(12-16)30-3/h5-7,10,12,15H,4,8-9,11,13H2,1-3H3,(H,24,29)(H2,22,23,25,26). The Morgan fingerprint density at radius 3 is 2.83 bits per heavy atom. The van der Waals surface area contributed by atoms with Crippen LogP contribution in [0.1, 0.15) is 19.0 Å². The van der Waals surface area contributed by atoms with Crippen molar-refractivity contribution in [2.24, 2.45) is 5.92 Å². The number of carbonyl (C=O) groups is 2. The Hall–Kier alpha value is -3.36. The molecule has 1 atom stereocenters. The van der Waals surface area contributed by atoms with Crippen molar-refractivity contribution in [3.63, 3.8) is 0 Å². The predicted octanol–water partition coefficient (Wildman–Crippen LogP) is 1.81. The number of methoxy groups -OCH3 is 1. The Morgan fingerprint density at radius 1 is 1.23 bits per heavy atom. The van der Waals surface area contributed by atoms with Crippen molar-refractivity contribution < 1.29 is 14.3 Å². The lowest BCUT2D eigenvalue weighted by molar-refractivity contribution is -0.126. The molecule has 2 aromatic rings. The fourth-order valence-electron chi connectivity index (χ4n) is 3.33. The molecule has 9 nitrogen and oxygen atoms in total. The molecule has 3 rings (SSSR count). The summed E-state index contributed by atoms with van der Waals surface area (Å²) < 4.78 is 5.22. The summed E-state index contributed by atoms with van der Waals surface area (Å²) in [5.74, 6) is 1.40. The summed E-state index contributed by atoms with van der Waals surface area (Å²) in [6, 6.07) is 9.15. The number of aromatic nitrogens is 2. The fraction of sp³-hybridized carbons (Fsp3) is 0.429. The SMILES string of the molecule is CCNc1nc(C)cc(NCCNC(=O)C2CC(=O)N(c3cccc(OC)c3)C2)n1. The summed E-state index contributed by atoms with van der Waals surface area (Å²) in [4.78, 5) is 35.2. The molecule has 160 valence electrons. The second-order valence-electron chi connectivity index (χ2n) is 7.07. The van der Waals surface area contributed by atoms with Gasteiger partial charge in [0.05, 0.1) is 13.0 Å².